The number of aliphatic hydroxyl groups excluding tert-OH is 1. The van der Waals surface area contributed by atoms with Crippen molar-refractivity contribution in [2.75, 3.05) is 19.7 Å². The summed E-state index contributed by atoms with van der Waals surface area (Å²) in [5.41, 5.74) is 2.31. The van der Waals surface area contributed by atoms with E-state index in [0.717, 1.165) is 17.9 Å². The van der Waals surface area contributed by atoms with E-state index in [0.29, 0.717) is 25.7 Å². The van der Waals surface area contributed by atoms with Crippen molar-refractivity contribution >= 4 is 29.9 Å². The summed E-state index contributed by atoms with van der Waals surface area (Å²) in [6, 6.07) is 12.6. The van der Waals surface area contributed by atoms with Gasteiger partial charge in [-0.1, -0.05) is 23.8 Å². The maximum atomic E-state index is 13.4. The molecule has 2 aromatic rings. The van der Waals surface area contributed by atoms with E-state index in [9.17, 15) is 4.39 Å². The highest BCUT2D eigenvalue weighted by Gasteiger charge is 2.03. The Balaban J connectivity index is 0.00000364. The molecule has 2 aromatic carbocycles. The minimum atomic E-state index is -0.404. The van der Waals surface area contributed by atoms with Crippen molar-refractivity contribution in [2.24, 2.45) is 4.99 Å². The van der Waals surface area contributed by atoms with Crippen LogP contribution in [0.25, 0.3) is 0 Å². The molecular weight excluding hydrogens is 460 g/mol. The molecule has 0 spiro atoms. The summed E-state index contributed by atoms with van der Waals surface area (Å²) in [5, 5.41) is 15.5. The van der Waals surface area contributed by atoms with Gasteiger partial charge in [0.05, 0.1) is 19.7 Å². The number of hydrogen-bond acceptors (Lipinski definition) is 3. The molecule has 7 heteroatoms. The van der Waals surface area contributed by atoms with E-state index >= 15 is 0 Å². The second-order valence-electron chi connectivity index (χ2n) is 5.87. The molecule has 3 N–H and O–H groups in total. The van der Waals surface area contributed by atoms with E-state index in [1.807, 2.05) is 38.1 Å². The molecule has 2 rings (SSSR count). The smallest absolute Gasteiger partial charge is 0.191 e. The lowest BCUT2D eigenvalue weighted by atomic mass is 10.1. The molecule has 0 saturated carbocycles. The van der Waals surface area contributed by atoms with Gasteiger partial charge in [-0.05, 0) is 43.7 Å². The van der Waals surface area contributed by atoms with Crippen LogP contribution in [0.5, 0.6) is 5.75 Å². The van der Waals surface area contributed by atoms with Gasteiger partial charge in [-0.25, -0.2) is 9.38 Å². The first-order valence-corrected chi connectivity index (χ1v) is 8.72. The molecule has 0 bridgehead atoms. The number of nitrogens with zero attached hydrogens (tertiary/aromatic N) is 1. The molecular formula is C20H27FIN3O2. The summed E-state index contributed by atoms with van der Waals surface area (Å²) in [5.74, 6) is 1.09. The fraction of sp³-hybridized carbons (Fsp3) is 0.350. The highest BCUT2D eigenvalue weighted by molar-refractivity contribution is 14.0. The van der Waals surface area contributed by atoms with Gasteiger partial charge < -0.3 is 20.5 Å². The molecule has 148 valence electrons. The van der Waals surface area contributed by atoms with Crippen LogP contribution in [-0.4, -0.2) is 30.8 Å². The molecule has 0 aliphatic rings. The third kappa shape index (κ3) is 8.13. The summed E-state index contributed by atoms with van der Waals surface area (Å²) < 4.78 is 19.1. The van der Waals surface area contributed by atoms with Crippen LogP contribution in [0.4, 0.5) is 4.39 Å². The summed E-state index contributed by atoms with van der Waals surface area (Å²) in [6.45, 7) is 5.94. The quantitative estimate of drug-likeness (QED) is 0.231. The SMILES string of the molecule is CCNC(=NCc1ccc(F)c(CO)c1)NCCOc1ccc(C)cc1.I. The number of rotatable bonds is 8. The highest BCUT2D eigenvalue weighted by atomic mass is 127. The highest BCUT2D eigenvalue weighted by Crippen LogP contribution is 2.12. The average Bonchev–Trinajstić information content (AvgIpc) is 2.65. The number of nitrogens with one attached hydrogen (secondary N) is 2. The lowest BCUT2D eigenvalue weighted by Crippen LogP contribution is -2.39. The van der Waals surface area contributed by atoms with Crippen LogP contribution in [0.3, 0.4) is 0 Å². The van der Waals surface area contributed by atoms with Crippen LogP contribution in [0.15, 0.2) is 47.5 Å². The maximum Gasteiger partial charge on any atom is 0.191 e. The normalized spacial score (nSPS) is 10.9. The molecule has 0 aliphatic heterocycles. The first-order valence-electron chi connectivity index (χ1n) is 8.72. The van der Waals surface area contributed by atoms with Gasteiger partial charge in [-0.15, -0.1) is 24.0 Å². The maximum absolute atomic E-state index is 13.4. The van der Waals surface area contributed by atoms with Crippen molar-refractivity contribution in [1.29, 1.82) is 0 Å². The topological polar surface area (TPSA) is 65.9 Å². The molecule has 0 heterocycles. The molecule has 0 amide bonds. The van der Waals surface area contributed by atoms with Gasteiger partial charge in [0.15, 0.2) is 5.96 Å². The van der Waals surface area contributed by atoms with Gasteiger partial charge in [0.25, 0.3) is 0 Å². The predicted octanol–water partition coefficient (Wildman–Crippen LogP) is 3.38. The monoisotopic (exact) mass is 487 g/mol. The van der Waals surface area contributed by atoms with Crippen molar-refractivity contribution in [3.05, 3.63) is 65.0 Å². The van der Waals surface area contributed by atoms with Crippen molar-refractivity contribution in [3.8, 4) is 5.75 Å². The van der Waals surface area contributed by atoms with Crippen LogP contribution in [0, 0.1) is 12.7 Å². The van der Waals surface area contributed by atoms with Gasteiger partial charge in [0.2, 0.25) is 0 Å². The van der Waals surface area contributed by atoms with E-state index in [1.165, 1.54) is 11.6 Å². The lowest BCUT2D eigenvalue weighted by Gasteiger charge is -2.12. The zero-order valence-corrected chi connectivity index (χ0v) is 18.0. The predicted molar refractivity (Wildman–Crippen MR) is 117 cm³/mol. The lowest BCUT2D eigenvalue weighted by molar-refractivity contribution is 0.275. The van der Waals surface area contributed by atoms with Crippen LogP contribution in [0.1, 0.15) is 23.6 Å². The molecule has 0 atom stereocenters. The summed E-state index contributed by atoms with van der Waals surface area (Å²) in [7, 11) is 0. The standard InChI is InChI=1S/C20H26FN3O2.HI/c1-3-22-20(23-10-11-26-18-7-4-15(2)5-8-18)24-13-16-6-9-19(21)17(12-16)14-25;/h4-9,12,25H,3,10-11,13-14H2,1-2H3,(H2,22,23,24);1H. The zero-order chi connectivity index (χ0) is 18.8. The van der Waals surface area contributed by atoms with Crippen molar-refractivity contribution in [1.82, 2.24) is 10.6 Å². The summed E-state index contributed by atoms with van der Waals surface area (Å²) in [6.07, 6.45) is 0. The Bertz CT molecular complexity index is 724. The number of hydrogen-bond donors (Lipinski definition) is 3. The third-order valence-electron chi connectivity index (χ3n) is 3.73. The molecule has 0 aliphatic carbocycles. The van der Waals surface area contributed by atoms with Gasteiger partial charge in [-0.3, -0.25) is 0 Å². The third-order valence-corrected chi connectivity index (χ3v) is 3.73. The van der Waals surface area contributed by atoms with Crippen LogP contribution >= 0.6 is 24.0 Å². The summed E-state index contributed by atoms with van der Waals surface area (Å²) >= 11 is 0. The number of guanidine groups is 1. The number of benzene rings is 2. The van der Waals surface area contributed by atoms with E-state index < -0.39 is 5.82 Å². The Morgan fingerprint density at radius 2 is 1.89 bits per heavy atom. The Morgan fingerprint density at radius 3 is 2.56 bits per heavy atom. The van der Waals surface area contributed by atoms with E-state index in [1.54, 1.807) is 12.1 Å². The van der Waals surface area contributed by atoms with E-state index in [-0.39, 0.29) is 36.1 Å². The molecule has 0 aromatic heterocycles. The Kier molecular flexibility index (Phi) is 10.7. The molecule has 0 unspecified atom stereocenters. The Labute approximate surface area is 177 Å². The van der Waals surface area contributed by atoms with Gasteiger partial charge >= 0.3 is 0 Å². The molecule has 0 fully saturated rings. The first-order chi connectivity index (χ1) is 12.6. The number of aliphatic imine (C=N–C) groups is 1. The largest absolute Gasteiger partial charge is 0.492 e. The van der Waals surface area contributed by atoms with Gasteiger partial charge in [0, 0.05) is 12.1 Å². The van der Waals surface area contributed by atoms with Crippen LogP contribution in [-0.2, 0) is 13.2 Å². The van der Waals surface area contributed by atoms with E-state index in [4.69, 9.17) is 9.84 Å². The number of halogens is 2. The minimum absolute atomic E-state index is 0. The average molecular weight is 487 g/mol. The fourth-order valence-electron chi connectivity index (χ4n) is 2.33. The van der Waals surface area contributed by atoms with Crippen molar-refractivity contribution in [2.45, 2.75) is 27.0 Å². The second kappa shape index (κ2) is 12.5. The number of aryl methyl sites for hydroxylation is 1. The molecule has 0 radical (unpaired) electrons. The fourth-order valence-corrected chi connectivity index (χ4v) is 2.33. The van der Waals surface area contributed by atoms with Crippen molar-refractivity contribution < 1.29 is 14.2 Å². The summed E-state index contributed by atoms with van der Waals surface area (Å²) in [4.78, 5) is 4.48. The van der Waals surface area contributed by atoms with Crippen LogP contribution < -0.4 is 15.4 Å². The van der Waals surface area contributed by atoms with Crippen molar-refractivity contribution in [3.63, 3.8) is 0 Å². The number of aliphatic hydroxyl groups is 1. The van der Waals surface area contributed by atoms with E-state index in [2.05, 4.69) is 15.6 Å². The van der Waals surface area contributed by atoms with Crippen LogP contribution in [0.2, 0.25) is 0 Å². The molecule has 27 heavy (non-hydrogen) atoms. The van der Waals surface area contributed by atoms with Gasteiger partial charge in [0.1, 0.15) is 18.2 Å². The minimum Gasteiger partial charge on any atom is -0.492 e. The zero-order valence-electron chi connectivity index (χ0n) is 15.7. The Hall–Kier alpha value is -1.87. The molecule has 0 saturated heterocycles. The van der Waals surface area contributed by atoms with Gasteiger partial charge in [-0.2, -0.15) is 0 Å². The Morgan fingerprint density at radius 1 is 1.15 bits per heavy atom. The number of ether oxygens (including phenoxy) is 1. The second-order valence-corrected chi connectivity index (χ2v) is 5.87. The molecule has 5 nitrogen and oxygen atoms in total. The first kappa shape index (κ1) is 23.2.